The number of morpholine rings is 1. The van der Waals surface area contributed by atoms with Crippen LogP contribution < -0.4 is 11.1 Å². The Labute approximate surface area is 127 Å². The molecule has 1 aliphatic heterocycles. The first-order valence-corrected chi connectivity index (χ1v) is 7.78. The van der Waals surface area contributed by atoms with Crippen LogP contribution in [0, 0.1) is 5.41 Å². The Morgan fingerprint density at radius 3 is 2.40 bits per heavy atom. The lowest BCUT2D eigenvalue weighted by Gasteiger charge is -2.33. The van der Waals surface area contributed by atoms with E-state index in [9.17, 15) is 4.79 Å². The number of amides is 1. The minimum Gasteiger partial charge on any atom is -0.392 e. The second-order valence-electron chi connectivity index (χ2n) is 5.44. The molecular weight excluding hydrogens is 274 g/mol. The van der Waals surface area contributed by atoms with E-state index in [2.05, 4.69) is 10.2 Å². The summed E-state index contributed by atoms with van der Waals surface area (Å²) in [6.45, 7) is 10.1. The molecule has 0 aliphatic carbocycles. The van der Waals surface area contributed by atoms with E-state index in [0.717, 1.165) is 32.8 Å². The van der Waals surface area contributed by atoms with Crippen molar-refractivity contribution in [3.63, 3.8) is 0 Å². The number of ether oxygens (including phenoxy) is 1. The van der Waals surface area contributed by atoms with E-state index < -0.39 is 5.41 Å². The Balaban J connectivity index is 2.56. The van der Waals surface area contributed by atoms with Gasteiger partial charge < -0.3 is 15.8 Å². The third-order valence-electron chi connectivity index (χ3n) is 4.13. The first-order chi connectivity index (χ1) is 9.46. The van der Waals surface area contributed by atoms with Crippen LogP contribution in [0.2, 0.25) is 0 Å². The fourth-order valence-electron chi connectivity index (χ4n) is 2.61. The summed E-state index contributed by atoms with van der Waals surface area (Å²) >= 11 is 5.11. The highest BCUT2D eigenvalue weighted by Gasteiger charge is 2.38. The van der Waals surface area contributed by atoms with Crippen molar-refractivity contribution in [1.82, 2.24) is 10.2 Å². The number of nitrogens with zero attached hydrogens (tertiary/aromatic N) is 1. The van der Waals surface area contributed by atoms with Gasteiger partial charge in [-0.15, -0.1) is 0 Å². The van der Waals surface area contributed by atoms with Gasteiger partial charge in [-0.1, -0.05) is 26.1 Å². The molecule has 0 radical (unpaired) electrons. The number of hydrogen-bond donors (Lipinski definition) is 2. The zero-order chi connectivity index (χ0) is 15.2. The number of rotatable bonds is 7. The molecule has 1 fully saturated rings. The summed E-state index contributed by atoms with van der Waals surface area (Å²) in [6.07, 6.45) is 1.27. The summed E-state index contributed by atoms with van der Waals surface area (Å²) in [5.74, 6) is -0.0456. The number of hydrogen-bond acceptors (Lipinski definition) is 4. The molecule has 1 aliphatic rings. The summed E-state index contributed by atoms with van der Waals surface area (Å²) in [7, 11) is 0. The molecule has 0 spiro atoms. The molecule has 6 heteroatoms. The smallest absolute Gasteiger partial charge is 0.233 e. The maximum Gasteiger partial charge on any atom is 0.233 e. The van der Waals surface area contributed by atoms with Crippen molar-refractivity contribution in [2.75, 3.05) is 32.8 Å². The molecule has 1 rings (SSSR count). The van der Waals surface area contributed by atoms with Crippen molar-refractivity contribution in [2.24, 2.45) is 11.1 Å². The number of carbonyl (C=O) groups excluding carboxylic acids is 1. The molecule has 1 saturated heterocycles. The molecule has 3 N–H and O–H groups in total. The topological polar surface area (TPSA) is 67.6 Å². The molecule has 0 aromatic rings. The van der Waals surface area contributed by atoms with Crippen LogP contribution in [0.15, 0.2) is 0 Å². The van der Waals surface area contributed by atoms with Gasteiger partial charge in [-0.3, -0.25) is 9.69 Å². The molecule has 20 heavy (non-hydrogen) atoms. The lowest BCUT2D eigenvalue weighted by Crippen LogP contribution is -2.53. The van der Waals surface area contributed by atoms with Gasteiger partial charge in [-0.2, -0.15) is 0 Å². The molecule has 0 aromatic carbocycles. The first-order valence-electron chi connectivity index (χ1n) is 7.37. The van der Waals surface area contributed by atoms with Crippen LogP contribution in [0.1, 0.15) is 33.6 Å². The van der Waals surface area contributed by atoms with Crippen LogP contribution in [0.25, 0.3) is 0 Å². The van der Waals surface area contributed by atoms with Gasteiger partial charge in [0.1, 0.15) is 0 Å². The summed E-state index contributed by atoms with van der Waals surface area (Å²) < 4.78 is 5.32. The predicted molar refractivity (Wildman–Crippen MR) is 84.7 cm³/mol. The van der Waals surface area contributed by atoms with Gasteiger partial charge in [-0.05, 0) is 19.8 Å². The second-order valence-corrected chi connectivity index (χ2v) is 5.88. The molecule has 1 unspecified atom stereocenters. The fraction of sp³-hybridized carbons (Fsp3) is 0.857. The summed E-state index contributed by atoms with van der Waals surface area (Å²) in [5, 5.41) is 3.06. The minimum atomic E-state index is -0.714. The first kappa shape index (κ1) is 17.3. The van der Waals surface area contributed by atoms with Crippen LogP contribution in [-0.2, 0) is 9.53 Å². The monoisotopic (exact) mass is 301 g/mol. The van der Waals surface area contributed by atoms with E-state index >= 15 is 0 Å². The maximum absolute atomic E-state index is 12.5. The van der Waals surface area contributed by atoms with E-state index in [1.54, 1.807) is 0 Å². The Kier molecular flexibility index (Phi) is 6.85. The average Bonchev–Trinajstić information content (AvgIpc) is 2.41. The average molecular weight is 301 g/mol. The van der Waals surface area contributed by atoms with Crippen molar-refractivity contribution in [3.8, 4) is 0 Å². The van der Waals surface area contributed by atoms with Crippen LogP contribution in [-0.4, -0.2) is 54.7 Å². The van der Waals surface area contributed by atoms with Crippen molar-refractivity contribution in [2.45, 2.75) is 39.7 Å². The SMILES string of the molecule is CCC(CC)(C(=O)NC(C)CN1CCOCC1)C(N)=S. The molecule has 1 heterocycles. The van der Waals surface area contributed by atoms with E-state index in [4.69, 9.17) is 22.7 Å². The van der Waals surface area contributed by atoms with Crippen LogP contribution in [0.3, 0.4) is 0 Å². The molecule has 116 valence electrons. The van der Waals surface area contributed by atoms with Gasteiger partial charge in [0.05, 0.1) is 23.6 Å². The van der Waals surface area contributed by atoms with E-state index in [0.29, 0.717) is 17.8 Å². The summed E-state index contributed by atoms with van der Waals surface area (Å²) in [5.41, 5.74) is 5.08. The molecule has 0 saturated carbocycles. The van der Waals surface area contributed by atoms with Crippen LogP contribution >= 0.6 is 12.2 Å². The summed E-state index contributed by atoms with van der Waals surface area (Å²) in [4.78, 5) is 15.1. The third-order valence-corrected chi connectivity index (χ3v) is 4.52. The van der Waals surface area contributed by atoms with Crippen molar-refractivity contribution >= 4 is 23.1 Å². The van der Waals surface area contributed by atoms with Gasteiger partial charge in [0.15, 0.2) is 0 Å². The predicted octanol–water partition coefficient (Wildman–Crippen LogP) is 0.916. The lowest BCUT2D eigenvalue weighted by molar-refractivity contribution is -0.128. The Morgan fingerprint density at radius 1 is 1.40 bits per heavy atom. The van der Waals surface area contributed by atoms with Crippen LogP contribution in [0.5, 0.6) is 0 Å². The quantitative estimate of drug-likeness (QED) is 0.684. The van der Waals surface area contributed by atoms with Crippen molar-refractivity contribution in [1.29, 1.82) is 0 Å². The highest BCUT2D eigenvalue weighted by atomic mass is 32.1. The molecule has 5 nitrogen and oxygen atoms in total. The van der Waals surface area contributed by atoms with Crippen molar-refractivity contribution < 1.29 is 9.53 Å². The van der Waals surface area contributed by atoms with E-state index in [1.165, 1.54) is 0 Å². The molecule has 0 aromatic heterocycles. The summed E-state index contributed by atoms with van der Waals surface area (Å²) in [6, 6.07) is 0.0763. The highest BCUT2D eigenvalue weighted by Crippen LogP contribution is 2.27. The Bertz CT molecular complexity index is 339. The number of nitrogens with two attached hydrogens (primary N) is 1. The fourth-order valence-corrected chi connectivity index (χ4v) is 2.99. The highest BCUT2D eigenvalue weighted by molar-refractivity contribution is 7.80. The Hall–Kier alpha value is -0.720. The standard InChI is InChI=1S/C14H27N3O2S/c1-4-14(5-2,12(15)20)13(18)16-11(3)10-17-6-8-19-9-7-17/h11H,4-10H2,1-3H3,(H2,15,20)(H,16,18). The van der Waals surface area contributed by atoms with Gasteiger partial charge in [0, 0.05) is 25.7 Å². The molecule has 1 atom stereocenters. The van der Waals surface area contributed by atoms with Gasteiger partial charge in [0.25, 0.3) is 0 Å². The number of thiocarbonyl (C=S) groups is 1. The lowest BCUT2D eigenvalue weighted by atomic mass is 9.81. The van der Waals surface area contributed by atoms with Crippen molar-refractivity contribution in [3.05, 3.63) is 0 Å². The maximum atomic E-state index is 12.5. The zero-order valence-corrected chi connectivity index (χ0v) is 13.6. The Morgan fingerprint density at radius 2 is 1.95 bits per heavy atom. The third kappa shape index (κ3) is 4.14. The zero-order valence-electron chi connectivity index (χ0n) is 12.8. The molecular formula is C14H27N3O2S. The normalized spacial score (nSPS) is 18.6. The van der Waals surface area contributed by atoms with E-state index in [-0.39, 0.29) is 11.9 Å². The molecule has 1 amide bonds. The molecule has 0 bridgehead atoms. The minimum absolute atomic E-state index is 0.0456. The second kappa shape index (κ2) is 7.90. The van der Waals surface area contributed by atoms with Crippen LogP contribution in [0.4, 0.5) is 0 Å². The number of carbonyl (C=O) groups is 1. The van der Waals surface area contributed by atoms with E-state index in [1.807, 2.05) is 20.8 Å². The number of nitrogens with one attached hydrogen (secondary N) is 1. The van der Waals surface area contributed by atoms with Gasteiger partial charge in [0.2, 0.25) is 5.91 Å². The van der Waals surface area contributed by atoms with Gasteiger partial charge >= 0.3 is 0 Å². The van der Waals surface area contributed by atoms with Gasteiger partial charge in [-0.25, -0.2) is 0 Å². The largest absolute Gasteiger partial charge is 0.392 e.